The molecule has 2 rings (SSSR count). The fraction of sp³-hybridized carbons (Fsp3) is 0. The van der Waals surface area contributed by atoms with E-state index in [2.05, 4.69) is 31.9 Å². The number of benzene rings is 2. The fourth-order valence-corrected chi connectivity index (χ4v) is 2.49. The Morgan fingerprint density at radius 3 is 2.47 bits per heavy atom. The molecule has 2 N–H and O–H groups in total. The Morgan fingerprint density at radius 2 is 1.84 bits per heavy atom. The molecule has 2 nitrogen and oxygen atoms in total. The van der Waals surface area contributed by atoms with Crippen LogP contribution in [0.1, 0.15) is 5.56 Å². The zero-order valence-electron chi connectivity index (χ0n) is 9.49. The molecule has 0 saturated carbocycles. The Kier molecular flexibility index (Phi) is 4.84. The molecule has 0 heterocycles. The maximum absolute atomic E-state index is 6.08. The van der Waals surface area contributed by atoms with Crippen LogP contribution in [0.2, 0.25) is 5.02 Å². The van der Waals surface area contributed by atoms with Gasteiger partial charge < -0.3 is 10.5 Å². The van der Waals surface area contributed by atoms with Crippen LogP contribution in [0, 0.1) is 0 Å². The van der Waals surface area contributed by atoms with Gasteiger partial charge in [-0.15, -0.1) is 0 Å². The molecular weight excluding hydrogens is 413 g/mol. The molecule has 19 heavy (non-hydrogen) atoms. The number of rotatable bonds is 3. The first-order valence-electron chi connectivity index (χ1n) is 5.19. The third-order valence-corrected chi connectivity index (χ3v) is 3.99. The van der Waals surface area contributed by atoms with E-state index in [-0.39, 0.29) is 0 Å². The summed E-state index contributed by atoms with van der Waals surface area (Å²) in [5.74, 6) is 1.21. The van der Waals surface area contributed by atoms with E-state index in [1.165, 1.54) is 0 Å². The van der Waals surface area contributed by atoms with Crippen LogP contribution >= 0.6 is 55.7 Å². The van der Waals surface area contributed by atoms with Gasteiger partial charge in [-0.25, -0.2) is 0 Å². The molecule has 0 unspecified atom stereocenters. The van der Waals surface area contributed by atoms with Crippen molar-refractivity contribution in [2.24, 2.45) is 5.73 Å². The number of halogens is 3. The maximum Gasteiger partial charge on any atom is 0.147 e. The lowest BCUT2D eigenvalue weighted by Crippen LogP contribution is -2.09. The lowest BCUT2D eigenvalue weighted by Gasteiger charge is -2.10. The predicted octanol–water partition coefficient (Wildman–Crippen LogP) is 5.29. The van der Waals surface area contributed by atoms with Gasteiger partial charge in [-0.1, -0.05) is 39.7 Å². The Bertz CT molecular complexity index is 649. The summed E-state index contributed by atoms with van der Waals surface area (Å²) in [5.41, 5.74) is 6.34. The summed E-state index contributed by atoms with van der Waals surface area (Å²) in [6.07, 6.45) is 0. The van der Waals surface area contributed by atoms with Crippen LogP contribution in [-0.2, 0) is 0 Å². The first-order chi connectivity index (χ1) is 8.97. The summed E-state index contributed by atoms with van der Waals surface area (Å²) in [4.78, 5) is 0.340. The standard InChI is InChI=1S/C13H8Br2ClNOS/c14-8-2-3-10(16)12(6-8)18-11-4-1-7(13(17)19)5-9(11)15/h1-6H,(H2,17,19). The van der Waals surface area contributed by atoms with Crippen LogP contribution < -0.4 is 10.5 Å². The molecule has 6 heteroatoms. The molecule has 0 aliphatic rings. The quantitative estimate of drug-likeness (QED) is 0.684. The smallest absolute Gasteiger partial charge is 0.147 e. The Labute approximate surface area is 138 Å². The van der Waals surface area contributed by atoms with Crippen molar-refractivity contribution in [2.75, 3.05) is 0 Å². The average Bonchev–Trinajstić information content (AvgIpc) is 2.36. The lowest BCUT2D eigenvalue weighted by molar-refractivity contribution is 0.479. The van der Waals surface area contributed by atoms with Gasteiger partial charge in [0.1, 0.15) is 16.5 Å². The van der Waals surface area contributed by atoms with Crippen LogP contribution in [0.4, 0.5) is 0 Å². The summed E-state index contributed by atoms with van der Waals surface area (Å²) in [5, 5.41) is 0.536. The molecule has 0 atom stereocenters. The predicted molar refractivity (Wildman–Crippen MR) is 89.3 cm³/mol. The Morgan fingerprint density at radius 1 is 1.11 bits per heavy atom. The highest BCUT2D eigenvalue weighted by atomic mass is 79.9. The Balaban J connectivity index is 2.33. The van der Waals surface area contributed by atoms with Crippen molar-refractivity contribution >= 4 is 60.7 Å². The molecule has 0 bridgehead atoms. The molecular formula is C13H8Br2ClNOS. The summed E-state index contributed by atoms with van der Waals surface area (Å²) in [6.45, 7) is 0. The van der Waals surface area contributed by atoms with Gasteiger partial charge in [0.15, 0.2) is 0 Å². The molecule has 0 radical (unpaired) electrons. The van der Waals surface area contributed by atoms with Gasteiger partial charge in [0.05, 0.1) is 9.50 Å². The van der Waals surface area contributed by atoms with Crippen molar-refractivity contribution in [3.8, 4) is 11.5 Å². The van der Waals surface area contributed by atoms with E-state index in [0.717, 1.165) is 14.5 Å². The SMILES string of the molecule is NC(=S)c1ccc(Oc2cc(Br)ccc2Cl)c(Br)c1. The monoisotopic (exact) mass is 419 g/mol. The van der Waals surface area contributed by atoms with Crippen LogP contribution in [0.15, 0.2) is 45.3 Å². The minimum atomic E-state index is 0.340. The molecule has 0 amide bonds. The average molecular weight is 422 g/mol. The molecule has 98 valence electrons. The molecule has 0 aliphatic heterocycles. The second-order valence-corrected chi connectivity index (χ2v) is 6.30. The molecule has 0 fully saturated rings. The van der Waals surface area contributed by atoms with Crippen molar-refractivity contribution in [1.29, 1.82) is 0 Å². The van der Waals surface area contributed by atoms with E-state index in [4.69, 9.17) is 34.3 Å². The van der Waals surface area contributed by atoms with E-state index in [1.807, 2.05) is 12.1 Å². The van der Waals surface area contributed by atoms with Crippen LogP contribution in [0.5, 0.6) is 11.5 Å². The van der Waals surface area contributed by atoms with Crippen LogP contribution in [-0.4, -0.2) is 4.99 Å². The van der Waals surface area contributed by atoms with Crippen LogP contribution in [0.25, 0.3) is 0 Å². The van der Waals surface area contributed by atoms with Gasteiger partial charge in [-0.05, 0) is 52.3 Å². The van der Waals surface area contributed by atoms with Crippen molar-refractivity contribution in [1.82, 2.24) is 0 Å². The van der Waals surface area contributed by atoms with Gasteiger partial charge in [-0.3, -0.25) is 0 Å². The van der Waals surface area contributed by atoms with Crippen molar-refractivity contribution in [2.45, 2.75) is 0 Å². The largest absolute Gasteiger partial charge is 0.455 e. The van der Waals surface area contributed by atoms with E-state index in [1.54, 1.807) is 24.3 Å². The van der Waals surface area contributed by atoms with Crippen molar-refractivity contribution in [3.63, 3.8) is 0 Å². The normalized spacial score (nSPS) is 10.3. The van der Waals surface area contributed by atoms with Gasteiger partial charge >= 0.3 is 0 Å². The number of thiocarbonyl (C=S) groups is 1. The summed E-state index contributed by atoms with van der Waals surface area (Å²) < 4.78 is 7.41. The zero-order valence-corrected chi connectivity index (χ0v) is 14.2. The second kappa shape index (κ2) is 6.22. The van der Waals surface area contributed by atoms with Crippen molar-refractivity contribution < 1.29 is 4.74 Å². The molecule has 0 aromatic heterocycles. The molecule has 0 spiro atoms. The highest BCUT2D eigenvalue weighted by molar-refractivity contribution is 9.10. The van der Waals surface area contributed by atoms with E-state index in [0.29, 0.717) is 21.5 Å². The Hall–Kier alpha value is -0.620. The number of nitrogens with two attached hydrogens (primary N) is 1. The number of hydrogen-bond acceptors (Lipinski definition) is 2. The zero-order chi connectivity index (χ0) is 14.0. The van der Waals surface area contributed by atoms with E-state index >= 15 is 0 Å². The van der Waals surface area contributed by atoms with Gasteiger partial charge in [0.2, 0.25) is 0 Å². The van der Waals surface area contributed by atoms with Crippen molar-refractivity contribution in [3.05, 3.63) is 55.9 Å². The highest BCUT2D eigenvalue weighted by Gasteiger charge is 2.08. The third-order valence-electron chi connectivity index (χ3n) is 2.33. The summed E-state index contributed by atoms with van der Waals surface area (Å²) in [7, 11) is 0. The fourth-order valence-electron chi connectivity index (χ4n) is 1.41. The number of ether oxygens (including phenoxy) is 1. The summed E-state index contributed by atoms with van der Waals surface area (Å²) >= 11 is 17.8. The first-order valence-corrected chi connectivity index (χ1v) is 7.57. The highest BCUT2D eigenvalue weighted by Crippen LogP contribution is 2.35. The van der Waals surface area contributed by atoms with Crippen LogP contribution in [0.3, 0.4) is 0 Å². The first kappa shape index (κ1) is 14.8. The maximum atomic E-state index is 6.08. The molecule has 0 saturated heterocycles. The minimum Gasteiger partial charge on any atom is -0.455 e. The molecule has 2 aromatic rings. The third kappa shape index (κ3) is 3.69. The molecule has 0 aliphatic carbocycles. The number of hydrogen-bond donors (Lipinski definition) is 1. The molecule has 2 aromatic carbocycles. The lowest BCUT2D eigenvalue weighted by atomic mass is 10.2. The second-order valence-electron chi connectivity index (χ2n) is 3.69. The summed E-state index contributed by atoms with van der Waals surface area (Å²) in [6, 6.07) is 10.8. The van der Waals surface area contributed by atoms with E-state index in [9.17, 15) is 0 Å². The van der Waals surface area contributed by atoms with Gasteiger partial charge in [0, 0.05) is 10.0 Å². The van der Waals surface area contributed by atoms with E-state index < -0.39 is 0 Å². The minimum absolute atomic E-state index is 0.340. The topological polar surface area (TPSA) is 35.2 Å². The van der Waals surface area contributed by atoms with Gasteiger partial charge in [-0.2, -0.15) is 0 Å². The van der Waals surface area contributed by atoms with Gasteiger partial charge in [0.25, 0.3) is 0 Å².